The lowest BCUT2D eigenvalue weighted by molar-refractivity contribution is 0.0705. The number of aryl methyl sites for hydroxylation is 1. The minimum Gasteiger partial charge on any atom is -0.338 e. The Balaban J connectivity index is 1.47. The molecule has 2 fully saturated rings. The summed E-state index contributed by atoms with van der Waals surface area (Å²) in [7, 11) is 1.84. The fourth-order valence-electron chi connectivity index (χ4n) is 2.66. The van der Waals surface area contributed by atoms with E-state index in [2.05, 4.69) is 10.4 Å². The molecule has 3 rings (SSSR count). The van der Waals surface area contributed by atoms with E-state index in [1.165, 1.54) is 19.4 Å². The molecule has 0 radical (unpaired) electrons. The second-order valence-corrected chi connectivity index (χ2v) is 5.82. The highest BCUT2D eigenvalue weighted by Crippen LogP contribution is 2.28. The predicted molar refractivity (Wildman–Crippen MR) is 72.9 cm³/mol. The maximum atomic E-state index is 12.2. The van der Waals surface area contributed by atoms with Crippen LogP contribution in [0.15, 0.2) is 12.4 Å². The number of nitrogens with zero attached hydrogens (tertiary/aromatic N) is 3. The molecule has 0 unspecified atom stereocenters. The number of hydrogen-bond acceptors (Lipinski definition) is 3. The Morgan fingerprint density at radius 2 is 2.11 bits per heavy atom. The Morgan fingerprint density at radius 3 is 2.68 bits per heavy atom. The maximum Gasteiger partial charge on any atom is 0.257 e. The summed E-state index contributed by atoms with van der Waals surface area (Å²) in [4.78, 5) is 14.2. The van der Waals surface area contributed by atoms with E-state index in [1.807, 2.05) is 11.9 Å². The fraction of sp³-hybridized carbons (Fsp3) is 0.714. The summed E-state index contributed by atoms with van der Waals surface area (Å²) in [5.74, 6) is 1.05. The van der Waals surface area contributed by atoms with Crippen LogP contribution in [0.4, 0.5) is 0 Å². The molecule has 104 valence electrons. The quantitative estimate of drug-likeness (QED) is 0.881. The normalized spacial score (nSPS) is 20.8. The Kier molecular flexibility index (Phi) is 3.55. The third-order valence-electron chi connectivity index (χ3n) is 4.13. The van der Waals surface area contributed by atoms with Crippen molar-refractivity contribution < 1.29 is 4.79 Å². The molecule has 5 nitrogen and oxygen atoms in total. The third-order valence-corrected chi connectivity index (χ3v) is 4.13. The Labute approximate surface area is 114 Å². The number of hydrogen-bond donors (Lipinski definition) is 1. The molecule has 1 aliphatic heterocycles. The second-order valence-electron chi connectivity index (χ2n) is 5.82. The molecule has 2 heterocycles. The average molecular weight is 262 g/mol. The van der Waals surface area contributed by atoms with Gasteiger partial charge < -0.3 is 10.2 Å². The van der Waals surface area contributed by atoms with E-state index in [1.54, 1.807) is 17.1 Å². The summed E-state index contributed by atoms with van der Waals surface area (Å²) in [6, 6.07) is 0.596. The van der Waals surface area contributed by atoms with E-state index in [0.29, 0.717) is 11.6 Å². The van der Waals surface area contributed by atoms with Gasteiger partial charge in [-0.1, -0.05) is 0 Å². The number of rotatable bonds is 4. The molecule has 1 saturated heterocycles. The van der Waals surface area contributed by atoms with Gasteiger partial charge in [-0.2, -0.15) is 5.10 Å². The van der Waals surface area contributed by atoms with Crippen LogP contribution < -0.4 is 5.32 Å². The zero-order valence-corrected chi connectivity index (χ0v) is 11.5. The van der Waals surface area contributed by atoms with Crippen LogP contribution in [0, 0.1) is 5.92 Å². The van der Waals surface area contributed by atoms with E-state index in [0.717, 1.165) is 31.8 Å². The lowest BCUT2D eigenvalue weighted by Crippen LogP contribution is -2.45. The van der Waals surface area contributed by atoms with Gasteiger partial charge >= 0.3 is 0 Å². The van der Waals surface area contributed by atoms with E-state index < -0.39 is 0 Å². The van der Waals surface area contributed by atoms with Crippen LogP contribution in [0.2, 0.25) is 0 Å². The SMILES string of the molecule is Cn1cc(C(=O)N2CCC(NCC3CC3)CC2)cn1. The molecule has 1 amide bonds. The summed E-state index contributed by atoms with van der Waals surface area (Å²) < 4.78 is 1.68. The Bertz CT molecular complexity index is 444. The smallest absolute Gasteiger partial charge is 0.257 e. The van der Waals surface area contributed by atoms with Gasteiger partial charge in [-0.05, 0) is 38.1 Å². The number of piperidine rings is 1. The first kappa shape index (κ1) is 12.7. The van der Waals surface area contributed by atoms with Crippen LogP contribution in [-0.4, -0.2) is 46.3 Å². The van der Waals surface area contributed by atoms with Crippen molar-refractivity contribution in [3.8, 4) is 0 Å². The topological polar surface area (TPSA) is 50.2 Å². The first-order chi connectivity index (χ1) is 9.22. The number of aromatic nitrogens is 2. The molecule has 0 bridgehead atoms. The molecular weight excluding hydrogens is 240 g/mol. The summed E-state index contributed by atoms with van der Waals surface area (Å²) in [6.45, 7) is 2.88. The lowest BCUT2D eigenvalue weighted by Gasteiger charge is -2.32. The van der Waals surface area contributed by atoms with Gasteiger partial charge in [0.25, 0.3) is 5.91 Å². The van der Waals surface area contributed by atoms with Crippen LogP contribution >= 0.6 is 0 Å². The molecular formula is C14H22N4O. The molecule has 1 aliphatic carbocycles. The van der Waals surface area contributed by atoms with Crippen LogP contribution in [0.5, 0.6) is 0 Å². The first-order valence-electron chi connectivity index (χ1n) is 7.23. The molecule has 1 aromatic heterocycles. The van der Waals surface area contributed by atoms with Crippen molar-refractivity contribution in [3.63, 3.8) is 0 Å². The molecule has 2 aliphatic rings. The van der Waals surface area contributed by atoms with Gasteiger partial charge in [-0.25, -0.2) is 0 Å². The summed E-state index contributed by atoms with van der Waals surface area (Å²) >= 11 is 0. The number of carbonyl (C=O) groups is 1. The summed E-state index contributed by atoms with van der Waals surface area (Å²) in [5.41, 5.74) is 0.701. The van der Waals surface area contributed by atoms with Gasteiger partial charge in [-0.3, -0.25) is 9.48 Å². The standard InChI is InChI=1S/C14H22N4O/c1-17-10-12(9-16-17)14(19)18-6-4-13(5-7-18)15-8-11-2-3-11/h9-11,13,15H,2-8H2,1H3. The molecule has 19 heavy (non-hydrogen) atoms. The second kappa shape index (κ2) is 5.33. The van der Waals surface area contributed by atoms with Crippen LogP contribution in [0.25, 0.3) is 0 Å². The molecule has 0 aromatic carbocycles. The van der Waals surface area contributed by atoms with Crippen molar-refractivity contribution in [1.29, 1.82) is 0 Å². The van der Waals surface area contributed by atoms with E-state index >= 15 is 0 Å². The zero-order chi connectivity index (χ0) is 13.2. The van der Waals surface area contributed by atoms with Crippen LogP contribution in [0.3, 0.4) is 0 Å². The highest BCUT2D eigenvalue weighted by Gasteiger charge is 2.26. The summed E-state index contributed by atoms with van der Waals surface area (Å²) in [6.07, 6.45) is 8.37. The average Bonchev–Trinajstić information content (AvgIpc) is 3.17. The van der Waals surface area contributed by atoms with E-state index in [4.69, 9.17) is 0 Å². The van der Waals surface area contributed by atoms with Gasteiger partial charge in [0.15, 0.2) is 0 Å². The minimum absolute atomic E-state index is 0.119. The van der Waals surface area contributed by atoms with E-state index in [-0.39, 0.29) is 5.91 Å². The van der Waals surface area contributed by atoms with Crippen molar-refractivity contribution in [1.82, 2.24) is 20.0 Å². The number of likely N-dealkylation sites (tertiary alicyclic amines) is 1. The maximum absolute atomic E-state index is 12.2. The number of nitrogens with one attached hydrogen (secondary N) is 1. The minimum atomic E-state index is 0.119. The van der Waals surface area contributed by atoms with E-state index in [9.17, 15) is 4.79 Å². The van der Waals surface area contributed by atoms with Gasteiger partial charge in [0.2, 0.25) is 0 Å². The van der Waals surface area contributed by atoms with Crippen LogP contribution in [-0.2, 0) is 7.05 Å². The van der Waals surface area contributed by atoms with Crippen molar-refractivity contribution in [2.24, 2.45) is 13.0 Å². The third kappa shape index (κ3) is 3.15. The lowest BCUT2D eigenvalue weighted by atomic mass is 10.0. The molecule has 0 spiro atoms. The van der Waals surface area contributed by atoms with Crippen molar-refractivity contribution in [3.05, 3.63) is 18.0 Å². The monoisotopic (exact) mass is 262 g/mol. The Morgan fingerprint density at radius 1 is 1.37 bits per heavy atom. The number of amides is 1. The van der Waals surface area contributed by atoms with Gasteiger partial charge in [0, 0.05) is 32.4 Å². The fourth-order valence-corrected chi connectivity index (χ4v) is 2.66. The number of carbonyl (C=O) groups excluding carboxylic acids is 1. The molecule has 0 atom stereocenters. The molecule has 5 heteroatoms. The van der Waals surface area contributed by atoms with Crippen molar-refractivity contribution in [2.45, 2.75) is 31.7 Å². The predicted octanol–water partition coefficient (Wildman–Crippen LogP) is 1.02. The van der Waals surface area contributed by atoms with Crippen molar-refractivity contribution in [2.75, 3.05) is 19.6 Å². The highest BCUT2D eigenvalue weighted by atomic mass is 16.2. The Hall–Kier alpha value is -1.36. The summed E-state index contributed by atoms with van der Waals surface area (Å²) in [5, 5.41) is 7.69. The van der Waals surface area contributed by atoms with Crippen LogP contribution in [0.1, 0.15) is 36.0 Å². The zero-order valence-electron chi connectivity index (χ0n) is 11.5. The van der Waals surface area contributed by atoms with Gasteiger partial charge in [0.1, 0.15) is 0 Å². The molecule has 1 aromatic rings. The van der Waals surface area contributed by atoms with Crippen molar-refractivity contribution >= 4 is 5.91 Å². The first-order valence-corrected chi connectivity index (χ1v) is 7.23. The highest BCUT2D eigenvalue weighted by molar-refractivity contribution is 5.93. The molecule has 1 saturated carbocycles. The molecule has 1 N–H and O–H groups in total. The van der Waals surface area contributed by atoms with Gasteiger partial charge in [-0.15, -0.1) is 0 Å². The van der Waals surface area contributed by atoms with Gasteiger partial charge in [0.05, 0.1) is 11.8 Å². The largest absolute Gasteiger partial charge is 0.338 e.